The molecule has 0 radical (unpaired) electrons. The summed E-state index contributed by atoms with van der Waals surface area (Å²) in [6.45, 7) is 1.72. The molecule has 3 aromatic rings. The number of fused-ring (bicyclic) bond motifs is 1. The fourth-order valence-corrected chi connectivity index (χ4v) is 3.73. The number of carbonyl (C=O) groups excluding carboxylic acids is 2. The van der Waals surface area contributed by atoms with Crippen molar-refractivity contribution >= 4 is 28.4 Å². The Labute approximate surface area is 180 Å². The molecule has 0 fully saturated rings. The number of carbonyl (C=O) groups is 2. The van der Waals surface area contributed by atoms with Crippen molar-refractivity contribution in [2.24, 2.45) is 0 Å². The third-order valence-corrected chi connectivity index (χ3v) is 5.27. The van der Waals surface area contributed by atoms with Gasteiger partial charge in [0.05, 0.1) is 31.5 Å². The van der Waals surface area contributed by atoms with Gasteiger partial charge in [-0.1, -0.05) is 30.3 Å². The van der Waals surface area contributed by atoms with E-state index >= 15 is 0 Å². The van der Waals surface area contributed by atoms with Crippen LogP contribution >= 0.6 is 0 Å². The number of ether oxygens (including phenoxy) is 2. The first-order valence-corrected chi connectivity index (χ1v) is 9.80. The summed E-state index contributed by atoms with van der Waals surface area (Å²) in [6, 6.07) is 17.8. The summed E-state index contributed by atoms with van der Waals surface area (Å²) in [5.41, 5.74) is 2.28. The zero-order valence-electron chi connectivity index (χ0n) is 17.5. The molecule has 4 rings (SSSR count). The summed E-state index contributed by atoms with van der Waals surface area (Å²) >= 11 is 0. The Morgan fingerprint density at radius 1 is 0.968 bits per heavy atom. The molecule has 0 aliphatic carbocycles. The number of hydrogen-bond acceptors (Lipinski definition) is 4. The number of hydrogen-bond donors (Lipinski definition) is 3. The highest BCUT2D eigenvalue weighted by Gasteiger charge is 2.31. The van der Waals surface area contributed by atoms with Crippen LogP contribution in [0.2, 0.25) is 0 Å². The average Bonchev–Trinajstić information content (AvgIpc) is 2.78. The Morgan fingerprint density at radius 2 is 1.71 bits per heavy atom. The van der Waals surface area contributed by atoms with E-state index in [-0.39, 0.29) is 11.9 Å². The van der Waals surface area contributed by atoms with E-state index in [2.05, 4.69) is 16.0 Å². The van der Waals surface area contributed by atoms with Crippen molar-refractivity contribution in [3.8, 4) is 11.5 Å². The smallest absolute Gasteiger partial charge is 0.319 e. The molecule has 0 aromatic heterocycles. The van der Waals surface area contributed by atoms with Gasteiger partial charge < -0.3 is 25.4 Å². The van der Waals surface area contributed by atoms with Gasteiger partial charge in [-0.05, 0) is 53.6 Å². The molecule has 1 heterocycles. The number of nitrogens with one attached hydrogen (secondary N) is 3. The lowest BCUT2D eigenvalue weighted by molar-refractivity contribution is -0.113. The summed E-state index contributed by atoms with van der Waals surface area (Å²) in [5, 5.41) is 10.5. The van der Waals surface area contributed by atoms with Gasteiger partial charge in [0.25, 0.3) is 5.91 Å². The number of anilines is 1. The number of methoxy groups -OCH3 is 2. The highest BCUT2D eigenvalue weighted by atomic mass is 16.5. The van der Waals surface area contributed by atoms with Gasteiger partial charge in [0.1, 0.15) is 11.5 Å². The molecule has 1 atom stereocenters. The van der Waals surface area contributed by atoms with Crippen molar-refractivity contribution in [2.75, 3.05) is 19.5 Å². The van der Waals surface area contributed by atoms with Crippen molar-refractivity contribution in [1.29, 1.82) is 0 Å². The molecular weight excluding hydrogens is 394 g/mol. The number of benzene rings is 3. The van der Waals surface area contributed by atoms with Crippen molar-refractivity contribution in [3.63, 3.8) is 0 Å². The van der Waals surface area contributed by atoms with Gasteiger partial charge in [0.15, 0.2) is 0 Å². The maximum absolute atomic E-state index is 13.3. The lowest BCUT2D eigenvalue weighted by Gasteiger charge is -2.29. The summed E-state index contributed by atoms with van der Waals surface area (Å²) in [6.07, 6.45) is 0. The molecule has 3 amide bonds. The second kappa shape index (κ2) is 8.39. The van der Waals surface area contributed by atoms with Crippen molar-refractivity contribution in [3.05, 3.63) is 77.5 Å². The Balaban J connectivity index is 1.71. The van der Waals surface area contributed by atoms with Crippen LogP contribution in [-0.2, 0) is 4.79 Å². The minimum Gasteiger partial charge on any atom is -0.497 e. The standard InChI is InChI=1S/C24H23N3O4/c1-14-21(23(28)26-19-6-4-5-7-20(19)31-3)22(27-24(29)25-14)17-9-8-16-13-18(30-2)11-10-15(16)12-17/h4-13,22H,1-3H3,(H,26,28)(H2,25,27,29)/t22-/m1/s1. The molecule has 0 saturated heterocycles. The minimum absolute atomic E-state index is 0.325. The predicted octanol–water partition coefficient (Wildman–Crippen LogP) is 4.12. The first-order chi connectivity index (χ1) is 15.0. The van der Waals surface area contributed by atoms with E-state index in [1.54, 1.807) is 33.3 Å². The van der Waals surface area contributed by atoms with Crippen LogP contribution in [0.15, 0.2) is 71.9 Å². The van der Waals surface area contributed by atoms with E-state index < -0.39 is 6.04 Å². The second-order valence-corrected chi connectivity index (χ2v) is 7.20. The number of rotatable bonds is 5. The normalized spacial score (nSPS) is 15.8. The van der Waals surface area contributed by atoms with Crippen LogP contribution in [0, 0.1) is 0 Å². The fraction of sp³-hybridized carbons (Fsp3) is 0.167. The van der Waals surface area contributed by atoms with E-state index in [1.165, 1.54) is 0 Å². The first-order valence-electron chi connectivity index (χ1n) is 9.80. The Kier molecular flexibility index (Phi) is 5.49. The van der Waals surface area contributed by atoms with Gasteiger partial charge >= 0.3 is 6.03 Å². The molecule has 7 heteroatoms. The van der Waals surface area contributed by atoms with Crippen molar-refractivity contribution in [1.82, 2.24) is 10.6 Å². The van der Waals surface area contributed by atoms with Crippen molar-refractivity contribution in [2.45, 2.75) is 13.0 Å². The molecule has 158 valence electrons. The summed E-state index contributed by atoms with van der Waals surface area (Å²) < 4.78 is 10.6. The lowest BCUT2D eigenvalue weighted by atomic mass is 9.93. The van der Waals surface area contributed by atoms with E-state index in [0.29, 0.717) is 22.7 Å². The van der Waals surface area contributed by atoms with Gasteiger partial charge in [0, 0.05) is 5.70 Å². The van der Waals surface area contributed by atoms with Crippen LogP contribution in [0.25, 0.3) is 10.8 Å². The molecule has 3 N–H and O–H groups in total. The molecule has 0 bridgehead atoms. The maximum atomic E-state index is 13.3. The van der Waals surface area contributed by atoms with Gasteiger partial charge in [-0.2, -0.15) is 0 Å². The van der Waals surface area contributed by atoms with Gasteiger partial charge in [0.2, 0.25) is 0 Å². The molecule has 0 saturated carbocycles. The SMILES string of the molecule is COc1ccc2cc([C@H]3NC(=O)NC(C)=C3C(=O)Nc3ccccc3OC)ccc2c1. The van der Waals surface area contributed by atoms with Gasteiger partial charge in [-0.15, -0.1) is 0 Å². The summed E-state index contributed by atoms with van der Waals surface area (Å²) in [7, 11) is 3.17. The third kappa shape index (κ3) is 4.02. The summed E-state index contributed by atoms with van der Waals surface area (Å²) in [5.74, 6) is 0.996. The zero-order chi connectivity index (χ0) is 22.0. The Hall–Kier alpha value is -4.00. The van der Waals surface area contributed by atoms with E-state index in [4.69, 9.17) is 9.47 Å². The maximum Gasteiger partial charge on any atom is 0.319 e. The molecule has 3 aromatic carbocycles. The average molecular weight is 417 g/mol. The minimum atomic E-state index is -0.602. The second-order valence-electron chi connectivity index (χ2n) is 7.20. The van der Waals surface area contributed by atoms with Crippen molar-refractivity contribution < 1.29 is 19.1 Å². The van der Waals surface area contributed by atoms with E-state index in [1.807, 2.05) is 48.5 Å². The lowest BCUT2D eigenvalue weighted by Crippen LogP contribution is -2.46. The highest BCUT2D eigenvalue weighted by molar-refractivity contribution is 6.07. The van der Waals surface area contributed by atoms with Crippen LogP contribution in [0.4, 0.5) is 10.5 Å². The Bertz CT molecular complexity index is 1200. The molecule has 7 nitrogen and oxygen atoms in total. The number of para-hydroxylation sites is 2. The third-order valence-electron chi connectivity index (χ3n) is 5.27. The van der Waals surface area contributed by atoms with Gasteiger partial charge in [-0.25, -0.2) is 4.79 Å². The Morgan fingerprint density at radius 3 is 2.48 bits per heavy atom. The number of allylic oxidation sites excluding steroid dienone is 1. The molecular formula is C24H23N3O4. The number of amides is 3. The predicted molar refractivity (Wildman–Crippen MR) is 119 cm³/mol. The number of urea groups is 1. The van der Waals surface area contributed by atoms with Crippen LogP contribution in [0.1, 0.15) is 18.5 Å². The molecule has 1 aliphatic rings. The van der Waals surface area contributed by atoms with E-state index in [9.17, 15) is 9.59 Å². The fourth-order valence-electron chi connectivity index (χ4n) is 3.73. The molecule has 31 heavy (non-hydrogen) atoms. The highest BCUT2D eigenvalue weighted by Crippen LogP contribution is 2.32. The van der Waals surface area contributed by atoms with Crippen LogP contribution < -0.4 is 25.4 Å². The molecule has 0 unspecified atom stereocenters. The monoisotopic (exact) mass is 417 g/mol. The largest absolute Gasteiger partial charge is 0.497 e. The zero-order valence-corrected chi connectivity index (χ0v) is 17.5. The van der Waals surface area contributed by atoms with Crippen LogP contribution in [-0.4, -0.2) is 26.2 Å². The first kappa shape index (κ1) is 20.3. The topological polar surface area (TPSA) is 88.7 Å². The van der Waals surface area contributed by atoms with Crippen LogP contribution in [0.5, 0.6) is 11.5 Å². The van der Waals surface area contributed by atoms with Gasteiger partial charge in [-0.3, -0.25) is 4.79 Å². The van der Waals surface area contributed by atoms with E-state index in [0.717, 1.165) is 22.1 Å². The van der Waals surface area contributed by atoms with Crippen LogP contribution in [0.3, 0.4) is 0 Å². The molecule has 1 aliphatic heterocycles. The quantitative estimate of drug-likeness (QED) is 0.583. The summed E-state index contributed by atoms with van der Waals surface area (Å²) in [4.78, 5) is 25.5. The molecule has 0 spiro atoms.